The molecule has 0 radical (unpaired) electrons. The standard InChI is InChI=1S/C28H26O/c1-20-10-6-8-14-23(20)16-26-18-25(22-12-4-3-5-13-22)19-27(28(26)29)17-24-15-9-7-11-21(24)2/h3-17,25H,18-19H2,1-2H3/b26-16-,27-17+. The van der Waals surface area contributed by atoms with Gasteiger partial charge in [0.15, 0.2) is 5.78 Å². The fraction of sp³-hybridized carbons (Fsp3) is 0.179. The zero-order valence-electron chi connectivity index (χ0n) is 17.1. The monoisotopic (exact) mass is 378 g/mol. The number of hydrogen-bond acceptors (Lipinski definition) is 1. The molecule has 0 saturated heterocycles. The summed E-state index contributed by atoms with van der Waals surface area (Å²) >= 11 is 0. The molecule has 0 heterocycles. The van der Waals surface area contributed by atoms with E-state index in [4.69, 9.17) is 0 Å². The first kappa shape index (κ1) is 19.1. The van der Waals surface area contributed by atoms with Gasteiger partial charge in [0.05, 0.1) is 0 Å². The molecule has 1 atom stereocenters. The summed E-state index contributed by atoms with van der Waals surface area (Å²) in [5.74, 6) is 0.503. The van der Waals surface area contributed by atoms with Crippen molar-refractivity contribution < 1.29 is 4.79 Å². The number of carbonyl (C=O) groups is 1. The number of rotatable bonds is 3. The molecular weight excluding hydrogens is 352 g/mol. The lowest BCUT2D eigenvalue weighted by Crippen LogP contribution is -2.19. The fourth-order valence-electron chi connectivity index (χ4n) is 4.08. The third-order valence-corrected chi connectivity index (χ3v) is 5.82. The Labute approximate surface area is 173 Å². The molecule has 4 rings (SSSR count). The molecule has 0 bridgehead atoms. The molecule has 0 spiro atoms. The molecule has 0 aromatic heterocycles. The number of allylic oxidation sites excluding steroid dienone is 2. The lowest BCUT2D eigenvalue weighted by molar-refractivity contribution is -0.113. The van der Waals surface area contributed by atoms with E-state index in [-0.39, 0.29) is 5.78 Å². The first-order valence-electron chi connectivity index (χ1n) is 10.2. The van der Waals surface area contributed by atoms with Crippen molar-refractivity contribution >= 4 is 17.9 Å². The number of ketones is 1. The minimum absolute atomic E-state index is 0.184. The summed E-state index contributed by atoms with van der Waals surface area (Å²) in [7, 11) is 0. The maximum atomic E-state index is 13.4. The Morgan fingerprint density at radius 3 is 1.59 bits per heavy atom. The van der Waals surface area contributed by atoms with Crippen molar-refractivity contribution in [2.45, 2.75) is 32.6 Å². The van der Waals surface area contributed by atoms with Crippen LogP contribution in [0.5, 0.6) is 0 Å². The zero-order chi connectivity index (χ0) is 20.2. The summed E-state index contributed by atoms with van der Waals surface area (Å²) in [6, 6.07) is 27.1. The molecule has 1 saturated carbocycles. The van der Waals surface area contributed by atoms with Crippen molar-refractivity contribution in [1.82, 2.24) is 0 Å². The van der Waals surface area contributed by atoms with E-state index in [9.17, 15) is 4.79 Å². The highest BCUT2D eigenvalue weighted by Gasteiger charge is 2.28. The van der Waals surface area contributed by atoms with Crippen LogP contribution in [0.4, 0.5) is 0 Å². The van der Waals surface area contributed by atoms with Crippen molar-refractivity contribution in [2.24, 2.45) is 0 Å². The SMILES string of the molecule is Cc1ccccc1/C=C1/CC(c2ccccc2)C/C(=C\c2ccccc2C)C1=O. The van der Waals surface area contributed by atoms with Gasteiger partial charge in [0, 0.05) is 11.1 Å². The topological polar surface area (TPSA) is 17.1 Å². The second kappa shape index (κ2) is 8.45. The van der Waals surface area contributed by atoms with Crippen LogP contribution in [0, 0.1) is 13.8 Å². The number of benzene rings is 3. The minimum Gasteiger partial charge on any atom is -0.289 e. The van der Waals surface area contributed by atoms with Gasteiger partial charge in [-0.05, 0) is 72.6 Å². The van der Waals surface area contributed by atoms with E-state index in [1.165, 1.54) is 16.7 Å². The molecule has 3 aromatic carbocycles. The van der Waals surface area contributed by atoms with E-state index >= 15 is 0 Å². The van der Waals surface area contributed by atoms with Gasteiger partial charge in [-0.25, -0.2) is 0 Å². The summed E-state index contributed by atoms with van der Waals surface area (Å²) in [4.78, 5) is 13.4. The van der Waals surface area contributed by atoms with Gasteiger partial charge in [-0.3, -0.25) is 4.79 Å². The first-order valence-corrected chi connectivity index (χ1v) is 10.2. The minimum atomic E-state index is 0.184. The maximum absolute atomic E-state index is 13.4. The predicted molar refractivity (Wildman–Crippen MR) is 122 cm³/mol. The number of carbonyl (C=O) groups excluding carboxylic acids is 1. The van der Waals surface area contributed by atoms with Crippen LogP contribution in [0.25, 0.3) is 12.2 Å². The maximum Gasteiger partial charge on any atom is 0.185 e. The Kier molecular flexibility index (Phi) is 5.57. The summed E-state index contributed by atoms with van der Waals surface area (Å²) < 4.78 is 0. The van der Waals surface area contributed by atoms with E-state index in [2.05, 4.69) is 74.5 Å². The van der Waals surface area contributed by atoms with E-state index in [0.29, 0.717) is 5.92 Å². The van der Waals surface area contributed by atoms with Gasteiger partial charge in [-0.15, -0.1) is 0 Å². The lowest BCUT2D eigenvalue weighted by atomic mass is 9.76. The molecule has 0 aliphatic heterocycles. The van der Waals surface area contributed by atoms with Crippen LogP contribution in [0.1, 0.15) is 46.6 Å². The Bertz CT molecular complexity index is 1020. The Hall–Kier alpha value is -3.19. The normalized spacial score (nSPS) is 19.7. The molecule has 0 amide bonds. The molecule has 1 aliphatic carbocycles. The van der Waals surface area contributed by atoms with E-state index in [1.807, 2.05) is 30.3 Å². The van der Waals surface area contributed by atoms with Crippen molar-refractivity contribution in [2.75, 3.05) is 0 Å². The summed E-state index contributed by atoms with van der Waals surface area (Å²) in [5, 5.41) is 0. The van der Waals surface area contributed by atoms with Gasteiger partial charge < -0.3 is 0 Å². The van der Waals surface area contributed by atoms with Crippen LogP contribution < -0.4 is 0 Å². The highest BCUT2D eigenvalue weighted by molar-refractivity contribution is 6.14. The molecule has 29 heavy (non-hydrogen) atoms. The van der Waals surface area contributed by atoms with Crippen molar-refractivity contribution in [3.63, 3.8) is 0 Å². The molecular formula is C28H26O. The molecule has 1 nitrogen and oxygen atoms in total. The average molecular weight is 379 g/mol. The smallest absolute Gasteiger partial charge is 0.185 e. The third-order valence-electron chi connectivity index (χ3n) is 5.82. The number of aryl methyl sites for hydroxylation is 2. The van der Waals surface area contributed by atoms with Crippen molar-refractivity contribution in [3.05, 3.63) is 118 Å². The Morgan fingerprint density at radius 2 is 1.10 bits per heavy atom. The van der Waals surface area contributed by atoms with Crippen LogP contribution in [0.3, 0.4) is 0 Å². The molecule has 1 heteroatoms. The summed E-state index contributed by atoms with van der Waals surface area (Å²) in [6.45, 7) is 4.19. The highest BCUT2D eigenvalue weighted by Crippen LogP contribution is 2.38. The highest BCUT2D eigenvalue weighted by atomic mass is 16.1. The molecule has 1 fully saturated rings. The second-order valence-electron chi connectivity index (χ2n) is 7.90. The Balaban J connectivity index is 1.78. The number of hydrogen-bond donors (Lipinski definition) is 0. The first-order chi connectivity index (χ1) is 14.1. The molecule has 1 unspecified atom stereocenters. The van der Waals surface area contributed by atoms with Crippen LogP contribution >= 0.6 is 0 Å². The molecule has 1 aliphatic rings. The van der Waals surface area contributed by atoms with Crippen LogP contribution in [0.15, 0.2) is 90.0 Å². The lowest BCUT2D eigenvalue weighted by Gasteiger charge is -2.26. The Morgan fingerprint density at radius 1 is 0.655 bits per heavy atom. The van der Waals surface area contributed by atoms with Crippen molar-refractivity contribution in [1.29, 1.82) is 0 Å². The van der Waals surface area contributed by atoms with Gasteiger partial charge in [-0.2, -0.15) is 0 Å². The zero-order valence-corrected chi connectivity index (χ0v) is 17.1. The van der Waals surface area contributed by atoms with Gasteiger partial charge in [0.1, 0.15) is 0 Å². The average Bonchev–Trinajstić information content (AvgIpc) is 2.74. The van der Waals surface area contributed by atoms with Crippen LogP contribution in [0.2, 0.25) is 0 Å². The van der Waals surface area contributed by atoms with Gasteiger partial charge >= 0.3 is 0 Å². The summed E-state index contributed by atoms with van der Waals surface area (Å²) in [5.41, 5.74) is 7.74. The van der Waals surface area contributed by atoms with Crippen LogP contribution in [-0.2, 0) is 4.79 Å². The van der Waals surface area contributed by atoms with E-state index in [1.54, 1.807) is 0 Å². The molecule has 144 valence electrons. The molecule has 0 N–H and O–H groups in total. The molecule has 3 aromatic rings. The second-order valence-corrected chi connectivity index (χ2v) is 7.90. The van der Waals surface area contributed by atoms with E-state index < -0.39 is 0 Å². The summed E-state index contributed by atoms with van der Waals surface area (Å²) in [6.07, 6.45) is 5.75. The third kappa shape index (κ3) is 4.30. The van der Waals surface area contributed by atoms with Crippen LogP contribution in [-0.4, -0.2) is 5.78 Å². The predicted octanol–water partition coefficient (Wildman–Crippen LogP) is 6.92. The van der Waals surface area contributed by atoms with Gasteiger partial charge in [0.25, 0.3) is 0 Å². The number of Topliss-reactive ketones (excluding diaryl/α,β-unsaturated/α-hetero) is 1. The largest absolute Gasteiger partial charge is 0.289 e. The van der Waals surface area contributed by atoms with Crippen molar-refractivity contribution in [3.8, 4) is 0 Å². The van der Waals surface area contributed by atoms with E-state index in [0.717, 1.165) is 35.1 Å². The van der Waals surface area contributed by atoms with Gasteiger partial charge in [-0.1, -0.05) is 78.9 Å². The quantitative estimate of drug-likeness (QED) is 0.452. The van der Waals surface area contributed by atoms with Gasteiger partial charge in [0.2, 0.25) is 0 Å². The fourth-order valence-corrected chi connectivity index (χ4v) is 4.08.